The Labute approximate surface area is 120 Å². The van der Waals surface area contributed by atoms with Gasteiger partial charge in [-0.3, -0.25) is 0 Å². The lowest BCUT2D eigenvalue weighted by atomic mass is 9.86. The van der Waals surface area contributed by atoms with Gasteiger partial charge in [-0.25, -0.2) is 8.78 Å². The first-order valence-electron chi connectivity index (χ1n) is 6.59. The highest BCUT2D eigenvalue weighted by atomic mass is 19.1. The van der Waals surface area contributed by atoms with Crippen molar-refractivity contribution in [2.75, 3.05) is 13.2 Å². The predicted molar refractivity (Wildman–Crippen MR) is 69.6 cm³/mol. The molecule has 112 valence electrons. The van der Waals surface area contributed by atoms with Crippen LogP contribution in [-0.2, 0) is 16.6 Å². The molecule has 2 atom stereocenters. The van der Waals surface area contributed by atoms with Crippen LogP contribution < -0.4 is 5.73 Å². The van der Waals surface area contributed by atoms with E-state index < -0.39 is 17.0 Å². The Bertz CT molecular complexity index is 641. The molecule has 0 radical (unpaired) electrons. The normalized spacial score (nSPS) is 25.4. The third-order valence-corrected chi connectivity index (χ3v) is 3.76. The number of ether oxygens (including phenoxy) is 1. The van der Waals surface area contributed by atoms with Crippen molar-refractivity contribution >= 4 is 0 Å². The summed E-state index contributed by atoms with van der Waals surface area (Å²) in [7, 11) is 0. The van der Waals surface area contributed by atoms with Crippen molar-refractivity contribution in [1.82, 2.24) is 10.1 Å². The smallest absolute Gasteiger partial charge is 0.236 e. The summed E-state index contributed by atoms with van der Waals surface area (Å²) in [5.74, 6) is -0.520. The third kappa shape index (κ3) is 2.66. The molecule has 1 fully saturated rings. The summed E-state index contributed by atoms with van der Waals surface area (Å²) in [5, 5.41) is 3.85. The summed E-state index contributed by atoms with van der Waals surface area (Å²) in [5.41, 5.74) is 5.91. The van der Waals surface area contributed by atoms with Gasteiger partial charge in [-0.2, -0.15) is 4.98 Å². The molecule has 1 saturated heterocycles. The van der Waals surface area contributed by atoms with Gasteiger partial charge in [0.15, 0.2) is 5.82 Å². The molecular weight excluding hydrogens is 280 g/mol. The molecule has 2 aromatic rings. The first kappa shape index (κ1) is 14.1. The Morgan fingerprint density at radius 2 is 2.05 bits per heavy atom. The monoisotopic (exact) mass is 295 g/mol. The van der Waals surface area contributed by atoms with Gasteiger partial charge in [0.2, 0.25) is 5.89 Å². The average Bonchev–Trinajstić information content (AvgIpc) is 2.97. The molecule has 0 aliphatic carbocycles. The fourth-order valence-electron chi connectivity index (χ4n) is 2.36. The highest BCUT2D eigenvalue weighted by Gasteiger charge is 2.44. The molecular formula is C14H15F2N3O2. The second-order valence-corrected chi connectivity index (χ2v) is 5.51. The second-order valence-electron chi connectivity index (χ2n) is 5.51. The van der Waals surface area contributed by atoms with E-state index in [2.05, 4.69) is 10.1 Å². The molecule has 0 saturated carbocycles. The predicted octanol–water partition coefficient (Wildman–Crippen LogP) is 1.55. The van der Waals surface area contributed by atoms with Crippen molar-refractivity contribution in [1.29, 1.82) is 0 Å². The molecule has 7 heteroatoms. The molecule has 1 aromatic carbocycles. The van der Waals surface area contributed by atoms with Crippen LogP contribution in [0, 0.1) is 11.6 Å². The molecule has 1 aliphatic heterocycles. The van der Waals surface area contributed by atoms with Crippen molar-refractivity contribution < 1.29 is 18.0 Å². The Hall–Kier alpha value is -1.86. The highest BCUT2D eigenvalue weighted by molar-refractivity contribution is 5.21. The number of benzene rings is 1. The van der Waals surface area contributed by atoms with Crippen molar-refractivity contribution in [3.63, 3.8) is 0 Å². The van der Waals surface area contributed by atoms with Crippen molar-refractivity contribution in [2.24, 2.45) is 5.73 Å². The molecule has 2 heterocycles. The van der Waals surface area contributed by atoms with Gasteiger partial charge in [0, 0.05) is 18.5 Å². The van der Waals surface area contributed by atoms with E-state index in [9.17, 15) is 8.78 Å². The SMILES string of the molecule is CC1(c2nc(Cc3cc(F)cc(F)c3)no2)COCC1N. The van der Waals surface area contributed by atoms with E-state index in [-0.39, 0.29) is 12.5 Å². The number of hydrogen-bond acceptors (Lipinski definition) is 5. The number of hydrogen-bond donors (Lipinski definition) is 1. The van der Waals surface area contributed by atoms with Crippen molar-refractivity contribution in [3.05, 3.63) is 47.1 Å². The highest BCUT2D eigenvalue weighted by Crippen LogP contribution is 2.30. The van der Waals surface area contributed by atoms with E-state index in [1.807, 2.05) is 6.92 Å². The molecule has 3 rings (SSSR count). The molecule has 0 spiro atoms. The maximum atomic E-state index is 13.2. The van der Waals surface area contributed by atoms with Crippen LogP contribution in [0.2, 0.25) is 0 Å². The number of rotatable bonds is 3. The van der Waals surface area contributed by atoms with Crippen LogP contribution in [0.1, 0.15) is 24.2 Å². The van der Waals surface area contributed by atoms with Crippen LogP contribution >= 0.6 is 0 Å². The minimum absolute atomic E-state index is 0.185. The molecule has 2 unspecified atom stereocenters. The Morgan fingerprint density at radius 1 is 1.33 bits per heavy atom. The lowest BCUT2D eigenvalue weighted by Crippen LogP contribution is -2.42. The summed E-state index contributed by atoms with van der Waals surface area (Å²) < 4.78 is 36.9. The summed E-state index contributed by atoms with van der Waals surface area (Å²) in [4.78, 5) is 4.29. The van der Waals surface area contributed by atoms with Crippen LogP contribution in [0.15, 0.2) is 22.7 Å². The first-order chi connectivity index (χ1) is 9.97. The van der Waals surface area contributed by atoms with Gasteiger partial charge >= 0.3 is 0 Å². The number of halogens is 2. The molecule has 21 heavy (non-hydrogen) atoms. The standard InChI is InChI=1S/C14H15F2N3O2/c1-14(7-20-6-11(14)17)13-18-12(19-21-13)4-8-2-9(15)5-10(16)3-8/h2-3,5,11H,4,6-7,17H2,1H3. The zero-order chi connectivity index (χ0) is 15.0. The minimum atomic E-state index is -0.633. The number of nitrogens with zero attached hydrogens (tertiary/aromatic N) is 2. The molecule has 1 aliphatic rings. The lowest BCUT2D eigenvalue weighted by molar-refractivity contribution is 0.169. The second kappa shape index (κ2) is 5.16. The molecule has 2 N–H and O–H groups in total. The summed E-state index contributed by atoms with van der Waals surface area (Å²) in [6.07, 6.45) is 0.185. The quantitative estimate of drug-likeness (QED) is 0.930. The van der Waals surface area contributed by atoms with Crippen LogP contribution in [0.25, 0.3) is 0 Å². The van der Waals surface area contributed by atoms with Gasteiger partial charge in [-0.15, -0.1) is 0 Å². The Balaban J connectivity index is 1.82. The third-order valence-electron chi connectivity index (χ3n) is 3.76. The van der Waals surface area contributed by atoms with Crippen LogP contribution in [0.4, 0.5) is 8.78 Å². The fraction of sp³-hybridized carbons (Fsp3) is 0.429. The largest absolute Gasteiger partial charge is 0.379 e. The van der Waals surface area contributed by atoms with Gasteiger partial charge in [0.25, 0.3) is 0 Å². The molecule has 5 nitrogen and oxygen atoms in total. The summed E-state index contributed by atoms with van der Waals surface area (Å²) in [6, 6.07) is 3.08. The maximum Gasteiger partial charge on any atom is 0.236 e. The van der Waals surface area contributed by atoms with E-state index in [1.54, 1.807) is 0 Å². The van der Waals surface area contributed by atoms with E-state index >= 15 is 0 Å². The van der Waals surface area contributed by atoms with Gasteiger partial charge in [-0.1, -0.05) is 5.16 Å². The number of nitrogens with two attached hydrogens (primary N) is 1. The van der Waals surface area contributed by atoms with Gasteiger partial charge in [-0.05, 0) is 24.6 Å². The summed E-state index contributed by atoms with van der Waals surface area (Å²) >= 11 is 0. The van der Waals surface area contributed by atoms with Gasteiger partial charge < -0.3 is 15.0 Å². The van der Waals surface area contributed by atoms with E-state index in [0.29, 0.717) is 30.5 Å². The van der Waals surface area contributed by atoms with Crippen molar-refractivity contribution in [2.45, 2.75) is 24.8 Å². The fourth-order valence-corrected chi connectivity index (χ4v) is 2.36. The van der Waals surface area contributed by atoms with Crippen molar-refractivity contribution in [3.8, 4) is 0 Å². The van der Waals surface area contributed by atoms with Gasteiger partial charge in [0.05, 0.1) is 18.6 Å². The first-order valence-corrected chi connectivity index (χ1v) is 6.59. The van der Waals surface area contributed by atoms with Crippen LogP contribution in [0.3, 0.4) is 0 Å². The average molecular weight is 295 g/mol. The van der Waals surface area contributed by atoms with E-state index in [0.717, 1.165) is 6.07 Å². The molecule has 0 amide bonds. The van der Waals surface area contributed by atoms with E-state index in [1.165, 1.54) is 12.1 Å². The maximum absolute atomic E-state index is 13.2. The van der Waals surface area contributed by atoms with E-state index in [4.69, 9.17) is 15.0 Å². The summed E-state index contributed by atoms with van der Waals surface area (Å²) in [6.45, 7) is 2.73. The van der Waals surface area contributed by atoms with Crippen LogP contribution in [0.5, 0.6) is 0 Å². The Morgan fingerprint density at radius 3 is 2.67 bits per heavy atom. The minimum Gasteiger partial charge on any atom is -0.379 e. The van der Waals surface area contributed by atoms with Crippen LogP contribution in [-0.4, -0.2) is 29.4 Å². The number of aromatic nitrogens is 2. The Kier molecular flexibility index (Phi) is 3.46. The lowest BCUT2D eigenvalue weighted by Gasteiger charge is -2.21. The molecule has 0 bridgehead atoms. The topological polar surface area (TPSA) is 74.2 Å². The zero-order valence-electron chi connectivity index (χ0n) is 11.5. The zero-order valence-corrected chi connectivity index (χ0v) is 11.5. The molecule has 1 aromatic heterocycles. The van der Waals surface area contributed by atoms with Gasteiger partial charge in [0.1, 0.15) is 11.6 Å².